The lowest BCUT2D eigenvalue weighted by molar-refractivity contribution is -0.0549. The van der Waals surface area contributed by atoms with Crippen LogP contribution in [0.5, 0.6) is 0 Å². The first-order valence-electron chi connectivity index (χ1n) is 10.8. The molecule has 34 heavy (non-hydrogen) atoms. The van der Waals surface area contributed by atoms with Gasteiger partial charge in [-0.05, 0) is 55.2 Å². The molecule has 0 radical (unpaired) electrons. The molecule has 2 aromatic carbocycles. The summed E-state index contributed by atoms with van der Waals surface area (Å²) in [5.74, 6) is -5.91. The van der Waals surface area contributed by atoms with Crippen LogP contribution in [0.2, 0.25) is 5.02 Å². The van der Waals surface area contributed by atoms with Crippen LogP contribution >= 0.6 is 11.6 Å². The van der Waals surface area contributed by atoms with Crippen molar-refractivity contribution >= 4 is 33.0 Å². The quantitative estimate of drug-likeness (QED) is 0.522. The molecule has 2 aliphatic rings. The van der Waals surface area contributed by atoms with Crippen molar-refractivity contribution in [3.05, 3.63) is 58.4 Å². The molecule has 2 bridgehead atoms. The molecule has 2 aromatic rings. The number of rotatable bonds is 5. The Labute approximate surface area is 200 Å². The fourth-order valence-corrected chi connectivity index (χ4v) is 7.87. The van der Waals surface area contributed by atoms with Gasteiger partial charge in [0.05, 0.1) is 20.8 Å². The van der Waals surface area contributed by atoms with Crippen molar-refractivity contribution in [2.45, 2.75) is 41.9 Å². The van der Waals surface area contributed by atoms with Crippen LogP contribution in [0.15, 0.2) is 35.2 Å². The molecule has 1 unspecified atom stereocenters. The average Bonchev–Trinajstić information content (AvgIpc) is 2.90. The fraction of sp³-hybridized carbons (Fsp3) is 0.435. The maximum absolute atomic E-state index is 13.5. The zero-order chi connectivity index (χ0) is 25.0. The highest BCUT2D eigenvalue weighted by molar-refractivity contribution is 7.92. The van der Waals surface area contributed by atoms with Crippen LogP contribution < -0.4 is 11.1 Å². The van der Waals surface area contributed by atoms with Crippen LogP contribution in [0, 0.1) is 35.2 Å². The third-order valence-electron chi connectivity index (χ3n) is 7.26. The van der Waals surface area contributed by atoms with Gasteiger partial charge in [0.25, 0.3) is 5.91 Å². The largest absolute Gasteiger partial charge is 0.388 e. The number of carbonyl (C=O) groups is 1. The summed E-state index contributed by atoms with van der Waals surface area (Å²) in [7, 11) is -3.98. The molecule has 2 saturated carbocycles. The first kappa shape index (κ1) is 25.0. The number of hydrogen-bond acceptors (Lipinski definition) is 5. The zero-order valence-electron chi connectivity index (χ0n) is 18.2. The molecular weight excluding hydrogens is 493 g/mol. The van der Waals surface area contributed by atoms with Gasteiger partial charge >= 0.3 is 0 Å². The smallest absolute Gasteiger partial charge is 0.255 e. The lowest BCUT2D eigenvalue weighted by Gasteiger charge is -2.42. The number of nitrogens with one attached hydrogen (secondary N) is 1. The van der Waals surface area contributed by atoms with Crippen molar-refractivity contribution in [3.63, 3.8) is 0 Å². The summed E-state index contributed by atoms with van der Waals surface area (Å²) in [6.07, 6.45) is 1.11. The van der Waals surface area contributed by atoms with E-state index in [0.717, 1.165) is 6.07 Å². The number of halogens is 4. The average molecular weight is 517 g/mol. The number of anilines is 1. The molecule has 1 amide bonds. The molecule has 0 spiro atoms. The first-order chi connectivity index (χ1) is 15.9. The molecule has 4 rings (SSSR count). The second kappa shape index (κ2) is 8.82. The minimum atomic E-state index is -3.98. The molecule has 2 aliphatic carbocycles. The van der Waals surface area contributed by atoms with E-state index in [2.05, 4.69) is 5.32 Å². The van der Waals surface area contributed by atoms with Crippen LogP contribution in [0.3, 0.4) is 0 Å². The lowest BCUT2D eigenvalue weighted by Crippen LogP contribution is -2.53. The van der Waals surface area contributed by atoms with Crippen molar-refractivity contribution in [2.24, 2.45) is 23.5 Å². The fourth-order valence-electron chi connectivity index (χ4n) is 5.49. The van der Waals surface area contributed by atoms with E-state index >= 15 is 0 Å². The molecular formula is C23H24ClF3N2O4S. The SMILES string of the molecule is C[C@H]1CC2C[C@@H](S(=O)(=O)c3cc(C(=O)Nc4cc(F)c(F)c(F)c4)ccc3Cl)C[C@H]1[C@]2(O)CN. The molecule has 6 nitrogen and oxygen atoms in total. The van der Waals surface area contributed by atoms with Crippen molar-refractivity contribution in [1.82, 2.24) is 0 Å². The summed E-state index contributed by atoms with van der Waals surface area (Å²) in [6.45, 7) is 2.03. The van der Waals surface area contributed by atoms with Gasteiger partial charge in [-0.2, -0.15) is 0 Å². The normalized spacial score (nSPS) is 28.7. The number of benzene rings is 2. The molecule has 0 heterocycles. The van der Waals surface area contributed by atoms with Crippen LogP contribution in [0.25, 0.3) is 0 Å². The Balaban J connectivity index is 1.61. The van der Waals surface area contributed by atoms with E-state index in [0.29, 0.717) is 18.6 Å². The van der Waals surface area contributed by atoms with Crippen molar-refractivity contribution in [3.8, 4) is 0 Å². The van der Waals surface area contributed by atoms with E-state index in [1.165, 1.54) is 12.1 Å². The van der Waals surface area contributed by atoms with Gasteiger partial charge in [0, 0.05) is 29.9 Å². The highest BCUT2D eigenvalue weighted by Gasteiger charge is 2.57. The van der Waals surface area contributed by atoms with E-state index in [1.807, 2.05) is 6.92 Å². The Morgan fingerprint density at radius 3 is 2.41 bits per heavy atom. The standard InChI is InChI=1S/C23H24ClF3N2O4S/c1-11-4-13-6-15(9-16(11)23(13,31)10-28)34(32,33)20-5-12(2-3-17(20)24)22(30)29-14-7-18(25)21(27)19(26)8-14/h2-3,5,7-8,11,13,15-16,31H,4,6,9-10,28H2,1H3,(H,29,30)/t11-,13?,15+,16+,23-/m0/s1. The highest BCUT2D eigenvalue weighted by atomic mass is 35.5. The topological polar surface area (TPSA) is 109 Å². The second-order valence-corrected chi connectivity index (χ2v) is 11.8. The molecule has 0 aliphatic heterocycles. The summed E-state index contributed by atoms with van der Waals surface area (Å²) < 4.78 is 67.1. The van der Waals surface area contributed by atoms with E-state index in [4.69, 9.17) is 17.3 Å². The predicted molar refractivity (Wildman–Crippen MR) is 121 cm³/mol. The third-order valence-corrected chi connectivity index (χ3v) is 9.92. The summed E-state index contributed by atoms with van der Waals surface area (Å²) in [5, 5.41) is 12.3. The predicted octanol–water partition coefficient (Wildman–Crippen LogP) is 3.91. The minimum Gasteiger partial charge on any atom is -0.388 e. The Morgan fingerprint density at radius 2 is 1.82 bits per heavy atom. The van der Waals surface area contributed by atoms with Crippen LogP contribution in [-0.4, -0.2) is 36.8 Å². The molecule has 4 N–H and O–H groups in total. The molecule has 11 heteroatoms. The number of amides is 1. The Bertz CT molecular complexity index is 1240. The Hall–Kier alpha value is -2.14. The number of sulfone groups is 1. The number of hydrogen-bond donors (Lipinski definition) is 3. The zero-order valence-corrected chi connectivity index (χ0v) is 19.8. The molecule has 0 saturated heterocycles. The van der Waals surface area contributed by atoms with Gasteiger partial charge in [-0.15, -0.1) is 0 Å². The van der Waals surface area contributed by atoms with Crippen molar-refractivity contribution in [2.75, 3.05) is 11.9 Å². The summed E-state index contributed by atoms with van der Waals surface area (Å²) in [4.78, 5) is 12.4. The number of nitrogens with two attached hydrogens (primary N) is 1. The maximum Gasteiger partial charge on any atom is 0.255 e. The highest BCUT2D eigenvalue weighted by Crippen LogP contribution is 2.54. The number of aliphatic hydroxyl groups is 1. The van der Waals surface area contributed by atoms with Gasteiger partial charge < -0.3 is 16.2 Å². The molecule has 0 aromatic heterocycles. The molecule has 2 fully saturated rings. The van der Waals surface area contributed by atoms with Crippen molar-refractivity contribution in [1.29, 1.82) is 0 Å². The lowest BCUT2D eigenvalue weighted by atomic mass is 9.73. The van der Waals surface area contributed by atoms with Gasteiger partial charge in [-0.25, -0.2) is 21.6 Å². The Kier molecular flexibility index (Phi) is 6.48. The number of fused-ring (bicyclic) bond motifs is 2. The van der Waals surface area contributed by atoms with E-state index in [9.17, 15) is 31.5 Å². The molecule has 184 valence electrons. The third kappa shape index (κ3) is 4.10. The van der Waals surface area contributed by atoms with Crippen LogP contribution in [0.1, 0.15) is 36.5 Å². The second-order valence-electron chi connectivity index (χ2n) is 9.20. The summed E-state index contributed by atoms with van der Waals surface area (Å²) in [5.41, 5.74) is 4.27. The van der Waals surface area contributed by atoms with Crippen LogP contribution in [-0.2, 0) is 9.84 Å². The van der Waals surface area contributed by atoms with E-state index in [-0.39, 0.29) is 58.3 Å². The summed E-state index contributed by atoms with van der Waals surface area (Å²) >= 11 is 6.20. The monoisotopic (exact) mass is 516 g/mol. The molecule has 5 atom stereocenters. The van der Waals surface area contributed by atoms with Gasteiger partial charge in [0.1, 0.15) is 0 Å². The van der Waals surface area contributed by atoms with E-state index in [1.54, 1.807) is 0 Å². The van der Waals surface area contributed by atoms with Gasteiger partial charge in [-0.3, -0.25) is 4.79 Å². The minimum absolute atomic E-state index is 0.0560. The van der Waals surface area contributed by atoms with Gasteiger partial charge in [0.2, 0.25) is 0 Å². The number of carbonyl (C=O) groups excluding carboxylic acids is 1. The Morgan fingerprint density at radius 1 is 1.18 bits per heavy atom. The van der Waals surface area contributed by atoms with Gasteiger partial charge in [0.15, 0.2) is 27.3 Å². The van der Waals surface area contributed by atoms with Crippen molar-refractivity contribution < 1.29 is 31.5 Å². The summed E-state index contributed by atoms with van der Waals surface area (Å²) in [6, 6.07) is 4.86. The van der Waals surface area contributed by atoms with Crippen LogP contribution in [0.4, 0.5) is 18.9 Å². The van der Waals surface area contributed by atoms with E-state index < -0.39 is 44.0 Å². The first-order valence-corrected chi connectivity index (χ1v) is 12.7. The maximum atomic E-state index is 13.5. The van der Waals surface area contributed by atoms with Gasteiger partial charge in [-0.1, -0.05) is 18.5 Å².